The summed E-state index contributed by atoms with van der Waals surface area (Å²) in [6, 6.07) is 13.7. The molecule has 0 atom stereocenters. The second-order valence-corrected chi connectivity index (χ2v) is 8.56. The quantitative estimate of drug-likeness (QED) is 0.309. The number of nitrogens with one attached hydrogen (secondary N) is 2. The molecule has 2 N–H and O–H groups in total. The maximum Gasteiger partial charge on any atom is 0.349 e. The lowest BCUT2D eigenvalue weighted by atomic mass is 10.1. The lowest BCUT2D eigenvalue weighted by Crippen LogP contribution is -2.20. The van der Waals surface area contributed by atoms with Crippen LogP contribution < -0.4 is 10.6 Å². The number of rotatable bonds is 5. The number of nitrogens with zero attached hydrogens (tertiary/aromatic N) is 3. The van der Waals surface area contributed by atoms with E-state index in [0.717, 1.165) is 15.8 Å². The largest absolute Gasteiger partial charge is 0.465 e. The van der Waals surface area contributed by atoms with Crippen molar-refractivity contribution in [3.8, 4) is 0 Å². The van der Waals surface area contributed by atoms with Crippen molar-refractivity contribution in [3.63, 3.8) is 0 Å². The van der Waals surface area contributed by atoms with Crippen molar-refractivity contribution in [2.75, 3.05) is 17.7 Å². The molecule has 4 aromatic rings. The van der Waals surface area contributed by atoms with Gasteiger partial charge in [0.05, 0.1) is 18.7 Å². The minimum atomic E-state index is -0.453. The summed E-state index contributed by atoms with van der Waals surface area (Å²) in [4.78, 5) is 16.5. The number of anilines is 2. The highest BCUT2D eigenvalue weighted by molar-refractivity contribution is 7.80. The molecule has 7 nitrogen and oxygen atoms in total. The van der Waals surface area contributed by atoms with Crippen LogP contribution in [-0.4, -0.2) is 33.0 Å². The Bertz CT molecular complexity index is 1280. The van der Waals surface area contributed by atoms with Gasteiger partial charge in [-0.15, -0.1) is 16.4 Å². The first-order valence-electron chi connectivity index (χ1n) is 9.27. The predicted octanol–water partition coefficient (Wildman–Crippen LogP) is 5.10. The molecular weight excluding hydrogens is 454 g/mol. The zero-order valence-electron chi connectivity index (χ0n) is 16.7. The van der Waals surface area contributed by atoms with Gasteiger partial charge in [-0.2, -0.15) is 0 Å². The zero-order valence-corrected chi connectivity index (χ0v) is 19.1. The molecule has 0 aliphatic carbocycles. The molecule has 0 spiro atoms. The van der Waals surface area contributed by atoms with E-state index in [1.54, 1.807) is 11.0 Å². The predicted molar refractivity (Wildman–Crippen MR) is 128 cm³/mol. The molecule has 0 aliphatic rings. The van der Waals surface area contributed by atoms with Gasteiger partial charge < -0.3 is 10.1 Å². The van der Waals surface area contributed by atoms with Gasteiger partial charge in [0, 0.05) is 15.8 Å². The van der Waals surface area contributed by atoms with E-state index >= 15 is 0 Å². The average Bonchev–Trinajstić information content (AvgIpc) is 3.32. The number of fused-ring (bicyclic) bond motifs is 1. The lowest BCUT2D eigenvalue weighted by Gasteiger charge is -2.08. The molecule has 0 saturated heterocycles. The number of thiocarbonyl (C=S) groups is 1. The lowest BCUT2D eigenvalue weighted by molar-refractivity contribution is 0.0606. The molecule has 158 valence electrons. The SMILES string of the molecule is COC(=O)c1sc2cc(NC(=S)Nc3ncn(Cc4ccccc4C)n3)ccc2c1Cl. The van der Waals surface area contributed by atoms with Gasteiger partial charge in [-0.25, -0.2) is 14.5 Å². The van der Waals surface area contributed by atoms with Crippen LogP contribution in [0.15, 0.2) is 48.8 Å². The molecule has 0 aliphatic heterocycles. The van der Waals surface area contributed by atoms with Crippen molar-refractivity contribution < 1.29 is 9.53 Å². The van der Waals surface area contributed by atoms with E-state index in [1.807, 2.05) is 30.3 Å². The Kier molecular flexibility index (Phi) is 6.17. The summed E-state index contributed by atoms with van der Waals surface area (Å²) in [6.07, 6.45) is 1.66. The number of aryl methyl sites for hydroxylation is 1. The van der Waals surface area contributed by atoms with Crippen LogP contribution in [0.25, 0.3) is 10.1 Å². The van der Waals surface area contributed by atoms with Crippen LogP contribution in [0.2, 0.25) is 5.02 Å². The third-order valence-electron chi connectivity index (χ3n) is 4.61. The Labute approximate surface area is 193 Å². The number of hydrogen-bond donors (Lipinski definition) is 2. The minimum absolute atomic E-state index is 0.351. The van der Waals surface area contributed by atoms with Gasteiger partial charge >= 0.3 is 5.97 Å². The summed E-state index contributed by atoms with van der Waals surface area (Å²) in [5.41, 5.74) is 3.12. The Morgan fingerprint density at radius 3 is 2.84 bits per heavy atom. The highest BCUT2D eigenvalue weighted by Gasteiger charge is 2.18. The van der Waals surface area contributed by atoms with Gasteiger partial charge in [-0.3, -0.25) is 5.32 Å². The number of esters is 1. The first-order valence-corrected chi connectivity index (χ1v) is 10.9. The Hall–Kier alpha value is -3.01. The molecule has 0 fully saturated rings. The molecule has 2 aromatic carbocycles. The van der Waals surface area contributed by atoms with Crippen LogP contribution >= 0.6 is 35.2 Å². The number of carbonyl (C=O) groups is 1. The van der Waals surface area contributed by atoms with Gasteiger partial charge in [0.15, 0.2) is 5.11 Å². The highest BCUT2D eigenvalue weighted by Crippen LogP contribution is 2.37. The number of hydrogen-bond acceptors (Lipinski definition) is 6. The number of carbonyl (C=O) groups excluding carboxylic acids is 1. The normalized spacial score (nSPS) is 10.8. The fourth-order valence-corrected chi connectivity index (χ4v) is 4.70. The minimum Gasteiger partial charge on any atom is -0.465 e. The first-order chi connectivity index (χ1) is 14.9. The number of methoxy groups -OCH3 is 1. The van der Waals surface area contributed by atoms with Gasteiger partial charge in [-0.1, -0.05) is 35.9 Å². The number of aromatic nitrogens is 3. The van der Waals surface area contributed by atoms with Crippen LogP contribution in [0.5, 0.6) is 0 Å². The Morgan fingerprint density at radius 1 is 1.26 bits per heavy atom. The van der Waals surface area contributed by atoms with E-state index in [4.69, 9.17) is 28.6 Å². The molecule has 0 amide bonds. The van der Waals surface area contributed by atoms with Crippen molar-refractivity contribution in [3.05, 3.63) is 69.8 Å². The fraction of sp³-hybridized carbons (Fsp3) is 0.143. The summed E-state index contributed by atoms with van der Waals surface area (Å²) >= 11 is 13.0. The van der Waals surface area contributed by atoms with Crippen molar-refractivity contribution >= 4 is 68.0 Å². The molecule has 0 saturated carbocycles. The van der Waals surface area contributed by atoms with Gasteiger partial charge in [0.1, 0.15) is 11.2 Å². The van der Waals surface area contributed by atoms with Gasteiger partial charge in [0.25, 0.3) is 0 Å². The number of benzene rings is 2. The van der Waals surface area contributed by atoms with Crippen LogP contribution in [0.1, 0.15) is 20.8 Å². The van der Waals surface area contributed by atoms with Crippen LogP contribution in [0.4, 0.5) is 11.6 Å². The molecule has 2 aromatic heterocycles. The summed E-state index contributed by atoms with van der Waals surface area (Å²) in [7, 11) is 1.33. The summed E-state index contributed by atoms with van der Waals surface area (Å²) in [5.74, 6) is -0.0513. The molecule has 10 heteroatoms. The smallest absolute Gasteiger partial charge is 0.349 e. The zero-order chi connectivity index (χ0) is 22.0. The van der Waals surface area contributed by atoms with E-state index in [0.29, 0.717) is 27.5 Å². The fourth-order valence-electron chi connectivity index (χ4n) is 3.02. The van der Waals surface area contributed by atoms with E-state index < -0.39 is 5.97 Å². The third-order valence-corrected chi connectivity index (χ3v) is 6.45. The summed E-state index contributed by atoms with van der Waals surface area (Å²) in [5, 5.41) is 12.0. The van der Waals surface area contributed by atoms with E-state index in [9.17, 15) is 4.79 Å². The summed E-state index contributed by atoms with van der Waals surface area (Å²) < 4.78 is 7.38. The van der Waals surface area contributed by atoms with Crippen LogP contribution in [-0.2, 0) is 11.3 Å². The molecule has 4 rings (SSSR count). The van der Waals surface area contributed by atoms with E-state index in [-0.39, 0.29) is 0 Å². The van der Waals surface area contributed by atoms with Crippen molar-refractivity contribution in [2.45, 2.75) is 13.5 Å². The third kappa shape index (κ3) is 4.68. The number of thiophene rings is 1. The molecule has 0 unspecified atom stereocenters. The first kappa shape index (κ1) is 21.2. The van der Waals surface area contributed by atoms with Gasteiger partial charge in [-0.05, 0) is 48.5 Å². The topological polar surface area (TPSA) is 81.1 Å². The average molecular weight is 472 g/mol. The number of halogens is 1. The molecule has 2 heterocycles. The van der Waals surface area contributed by atoms with E-state index in [2.05, 4.69) is 39.8 Å². The van der Waals surface area contributed by atoms with Crippen molar-refractivity contribution in [1.82, 2.24) is 14.8 Å². The number of ether oxygens (including phenoxy) is 1. The maximum atomic E-state index is 11.8. The Balaban J connectivity index is 1.43. The highest BCUT2D eigenvalue weighted by atomic mass is 35.5. The van der Waals surface area contributed by atoms with Crippen molar-refractivity contribution in [2.24, 2.45) is 0 Å². The second-order valence-electron chi connectivity index (χ2n) is 6.72. The molecule has 31 heavy (non-hydrogen) atoms. The molecule has 0 bridgehead atoms. The second kappa shape index (κ2) is 9.01. The summed E-state index contributed by atoms with van der Waals surface area (Å²) in [6.45, 7) is 2.69. The van der Waals surface area contributed by atoms with Gasteiger partial charge in [0.2, 0.25) is 5.95 Å². The Morgan fingerprint density at radius 2 is 2.06 bits per heavy atom. The standard InChI is InChI=1S/C21H18ClN5O2S2/c1-12-5-3-4-6-13(12)10-27-11-23-20(26-27)25-21(30)24-14-7-8-15-16(9-14)31-18(17(15)22)19(28)29-2/h3-9,11H,10H2,1-2H3,(H2,24,25,26,30). The maximum absolute atomic E-state index is 11.8. The van der Waals surface area contributed by atoms with Crippen LogP contribution in [0, 0.1) is 6.92 Å². The van der Waals surface area contributed by atoms with Crippen molar-refractivity contribution in [1.29, 1.82) is 0 Å². The van der Waals surface area contributed by atoms with E-state index in [1.165, 1.54) is 29.6 Å². The monoisotopic (exact) mass is 471 g/mol. The molecular formula is C21H18ClN5O2S2. The molecule has 0 radical (unpaired) electrons. The van der Waals surface area contributed by atoms with Crippen LogP contribution in [0.3, 0.4) is 0 Å².